The van der Waals surface area contributed by atoms with Crippen molar-refractivity contribution < 1.29 is 5.11 Å². The van der Waals surface area contributed by atoms with Gasteiger partial charge in [-0.2, -0.15) is 0 Å². The second-order valence-electron chi connectivity index (χ2n) is 9.12. The number of hydrogen-bond acceptors (Lipinski definition) is 1. The number of aryl methyl sites for hydroxylation is 2. The molecule has 0 saturated heterocycles. The highest BCUT2D eigenvalue weighted by Crippen LogP contribution is 2.22. The molecule has 1 N–H and O–H groups in total. The van der Waals surface area contributed by atoms with Gasteiger partial charge >= 0.3 is 0 Å². The van der Waals surface area contributed by atoms with Crippen LogP contribution in [0.25, 0.3) is 0 Å². The van der Waals surface area contributed by atoms with Crippen LogP contribution in [0.4, 0.5) is 0 Å². The van der Waals surface area contributed by atoms with Gasteiger partial charge in [0.15, 0.2) is 0 Å². The molecule has 0 spiro atoms. The van der Waals surface area contributed by atoms with Gasteiger partial charge in [-0.1, -0.05) is 129 Å². The number of aromatic hydroxyl groups is 1. The van der Waals surface area contributed by atoms with Crippen molar-refractivity contribution in [3.63, 3.8) is 0 Å². The molecule has 0 unspecified atom stereocenters. The van der Waals surface area contributed by atoms with E-state index < -0.39 is 0 Å². The molecule has 29 heavy (non-hydrogen) atoms. The Morgan fingerprint density at radius 1 is 0.517 bits per heavy atom. The van der Waals surface area contributed by atoms with Gasteiger partial charge in [-0.25, -0.2) is 0 Å². The fraction of sp³-hybridized carbons (Fsp3) is 0.786. The van der Waals surface area contributed by atoms with E-state index in [2.05, 4.69) is 26.0 Å². The van der Waals surface area contributed by atoms with Gasteiger partial charge in [0.05, 0.1) is 0 Å². The number of phenols is 1. The quantitative estimate of drug-likeness (QED) is 0.215. The smallest absolute Gasteiger partial charge is 0.118 e. The lowest BCUT2D eigenvalue weighted by atomic mass is 10.00. The lowest BCUT2D eigenvalue weighted by Crippen LogP contribution is -1.91. The number of phenolic OH excluding ortho intramolecular Hbond substituents is 1. The molecule has 0 aliphatic heterocycles. The second-order valence-corrected chi connectivity index (χ2v) is 9.12. The van der Waals surface area contributed by atoms with Gasteiger partial charge in [-0.05, 0) is 42.9 Å². The minimum Gasteiger partial charge on any atom is -0.508 e. The Bertz CT molecular complexity index is 479. The monoisotopic (exact) mass is 402 g/mol. The minimum atomic E-state index is 0.481. The molecule has 168 valence electrons. The molecule has 0 bridgehead atoms. The molecule has 1 heteroatoms. The van der Waals surface area contributed by atoms with Gasteiger partial charge in [0, 0.05) is 0 Å². The summed E-state index contributed by atoms with van der Waals surface area (Å²) >= 11 is 0. The molecule has 0 aliphatic carbocycles. The third-order valence-electron chi connectivity index (χ3n) is 6.26. The van der Waals surface area contributed by atoms with Crippen LogP contribution in [0.1, 0.15) is 141 Å². The molecule has 0 fully saturated rings. The maximum Gasteiger partial charge on any atom is 0.118 e. The van der Waals surface area contributed by atoms with Crippen LogP contribution in [0.15, 0.2) is 18.2 Å². The average Bonchev–Trinajstić information content (AvgIpc) is 2.73. The topological polar surface area (TPSA) is 20.2 Å². The van der Waals surface area contributed by atoms with E-state index in [1.54, 1.807) is 0 Å². The molecule has 1 rings (SSSR count). The van der Waals surface area contributed by atoms with E-state index in [9.17, 15) is 5.11 Å². The van der Waals surface area contributed by atoms with Crippen LogP contribution < -0.4 is 0 Å². The summed E-state index contributed by atoms with van der Waals surface area (Å²) in [6.45, 7) is 4.50. The van der Waals surface area contributed by atoms with Crippen molar-refractivity contribution >= 4 is 0 Å². The molecule has 1 aromatic rings. The molecule has 0 saturated carbocycles. The Morgan fingerprint density at radius 2 is 0.966 bits per heavy atom. The highest BCUT2D eigenvalue weighted by molar-refractivity contribution is 5.36. The van der Waals surface area contributed by atoms with Crippen LogP contribution >= 0.6 is 0 Å². The Morgan fingerprint density at radius 3 is 1.45 bits per heavy atom. The van der Waals surface area contributed by atoms with Crippen LogP contribution in [-0.4, -0.2) is 5.11 Å². The van der Waals surface area contributed by atoms with E-state index >= 15 is 0 Å². The molecule has 0 atom stereocenters. The zero-order valence-electron chi connectivity index (χ0n) is 19.8. The normalized spacial score (nSPS) is 11.2. The van der Waals surface area contributed by atoms with Gasteiger partial charge in [0.2, 0.25) is 0 Å². The van der Waals surface area contributed by atoms with Crippen LogP contribution in [0.5, 0.6) is 5.75 Å². The Hall–Kier alpha value is -0.980. The van der Waals surface area contributed by atoms with Crippen molar-refractivity contribution in [2.45, 2.75) is 142 Å². The molecular formula is C28H50O. The van der Waals surface area contributed by atoms with Gasteiger partial charge in [0.25, 0.3) is 0 Å². The molecule has 1 nitrogen and oxygen atoms in total. The maximum absolute atomic E-state index is 9.97. The van der Waals surface area contributed by atoms with Crippen molar-refractivity contribution in [2.75, 3.05) is 0 Å². The fourth-order valence-electron chi connectivity index (χ4n) is 4.24. The highest BCUT2D eigenvalue weighted by atomic mass is 16.3. The lowest BCUT2D eigenvalue weighted by molar-refractivity contribution is 0.466. The summed E-state index contributed by atoms with van der Waals surface area (Å²) in [5.41, 5.74) is 2.54. The van der Waals surface area contributed by atoms with E-state index in [4.69, 9.17) is 0 Å². The largest absolute Gasteiger partial charge is 0.508 e. The summed E-state index contributed by atoms with van der Waals surface area (Å²) in [5.74, 6) is 0.481. The van der Waals surface area contributed by atoms with Crippen LogP contribution in [0.2, 0.25) is 0 Å². The van der Waals surface area contributed by atoms with E-state index in [0.29, 0.717) is 5.75 Å². The first-order valence-electron chi connectivity index (χ1n) is 13.1. The molecule has 1 aromatic carbocycles. The van der Waals surface area contributed by atoms with Crippen molar-refractivity contribution in [3.8, 4) is 5.75 Å². The summed E-state index contributed by atoms with van der Waals surface area (Å²) < 4.78 is 0. The molecule has 0 amide bonds. The second kappa shape index (κ2) is 19.0. The standard InChI is InChI=1S/C28H50O/c1-3-5-7-8-9-10-11-12-13-14-15-16-17-18-19-20-21-26-23-24-28(29)27(25-26)22-6-4-2/h23-25,29H,3-22H2,1-2H3. The molecule has 0 heterocycles. The summed E-state index contributed by atoms with van der Waals surface area (Å²) in [5, 5.41) is 9.97. The van der Waals surface area contributed by atoms with E-state index in [1.165, 1.54) is 115 Å². The van der Waals surface area contributed by atoms with E-state index in [1.807, 2.05) is 6.07 Å². The van der Waals surface area contributed by atoms with Crippen LogP contribution in [0, 0.1) is 0 Å². The summed E-state index contributed by atoms with van der Waals surface area (Å²) in [7, 11) is 0. The summed E-state index contributed by atoms with van der Waals surface area (Å²) in [4.78, 5) is 0. The molecule has 0 radical (unpaired) electrons. The van der Waals surface area contributed by atoms with Crippen LogP contribution in [-0.2, 0) is 12.8 Å². The Kier molecular flexibility index (Phi) is 17.1. The number of hydrogen-bond donors (Lipinski definition) is 1. The minimum absolute atomic E-state index is 0.481. The highest BCUT2D eigenvalue weighted by Gasteiger charge is 2.03. The lowest BCUT2D eigenvalue weighted by Gasteiger charge is -2.08. The van der Waals surface area contributed by atoms with Crippen molar-refractivity contribution in [2.24, 2.45) is 0 Å². The molecule has 0 aliphatic rings. The maximum atomic E-state index is 9.97. The van der Waals surface area contributed by atoms with Gasteiger partial charge in [-0.15, -0.1) is 0 Å². The zero-order chi connectivity index (χ0) is 21.0. The van der Waals surface area contributed by atoms with Gasteiger partial charge in [-0.3, -0.25) is 0 Å². The summed E-state index contributed by atoms with van der Waals surface area (Å²) in [6.07, 6.45) is 27.3. The van der Waals surface area contributed by atoms with Crippen molar-refractivity contribution in [1.82, 2.24) is 0 Å². The first-order valence-corrected chi connectivity index (χ1v) is 13.1. The zero-order valence-corrected chi connectivity index (χ0v) is 19.8. The predicted octanol–water partition coefficient (Wildman–Crippen LogP) is 9.54. The summed E-state index contributed by atoms with van der Waals surface area (Å²) in [6, 6.07) is 6.24. The van der Waals surface area contributed by atoms with E-state index in [0.717, 1.165) is 24.8 Å². The fourth-order valence-corrected chi connectivity index (χ4v) is 4.24. The first kappa shape index (κ1) is 26.1. The first-order chi connectivity index (χ1) is 14.3. The number of unbranched alkanes of at least 4 members (excludes halogenated alkanes) is 16. The van der Waals surface area contributed by atoms with Gasteiger partial charge < -0.3 is 5.11 Å². The molecular weight excluding hydrogens is 352 g/mol. The third kappa shape index (κ3) is 14.6. The number of rotatable bonds is 20. The SMILES string of the molecule is CCCCCCCCCCCCCCCCCCc1ccc(O)c(CCCC)c1. The van der Waals surface area contributed by atoms with Gasteiger partial charge in [0.1, 0.15) is 5.75 Å². The van der Waals surface area contributed by atoms with Crippen molar-refractivity contribution in [3.05, 3.63) is 29.3 Å². The predicted molar refractivity (Wildman–Crippen MR) is 130 cm³/mol. The Balaban J connectivity index is 1.89. The third-order valence-corrected chi connectivity index (χ3v) is 6.26. The van der Waals surface area contributed by atoms with Crippen molar-refractivity contribution in [1.29, 1.82) is 0 Å². The molecule has 0 aromatic heterocycles. The van der Waals surface area contributed by atoms with E-state index in [-0.39, 0.29) is 0 Å². The average molecular weight is 403 g/mol. The number of benzene rings is 1. The van der Waals surface area contributed by atoms with Crippen LogP contribution in [0.3, 0.4) is 0 Å². The Labute approximate surface area is 182 Å².